The molecule has 2 aromatic carbocycles. The summed E-state index contributed by atoms with van der Waals surface area (Å²) in [7, 11) is -1.77. The smallest absolute Gasteiger partial charge is 0.246 e. The number of hydrogen-bond donors (Lipinski definition) is 2. The number of piperazine rings is 1. The number of carbonyl (C=O) groups excluding carboxylic acids is 2. The topological polar surface area (TPSA) is 98.8 Å². The summed E-state index contributed by atoms with van der Waals surface area (Å²) >= 11 is 0. The molecule has 9 heteroatoms. The number of rotatable bonds is 9. The van der Waals surface area contributed by atoms with Crippen LogP contribution in [0.1, 0.15) is 56.2 Å². The zero-order valence-electron chi connectivity index (χ0n) is 23.8. The number of sulfonamides is 1. The van der Waals surface area contributed by atoms with Crippen molar-refractivity contribution >= 4 is 21.8 Å². The Hall–Kier alpha value is -2.75. The first-order valence-electron chi connectivity index (χ1n) is 14.7. The molecule has 1 aliphatic carbocycles. The minimum absolute atomic E-state index is 0.0215. The molecule has 2 amide bonds. The van der Waals surface area contributed by atoms with E-state index in [2.05, 4.69) is 27.1 Å². The zero-order chi connectivity index (χ0) is 28.4. The maximum Gasteiger partial charge on any atom is 0.246 e. The van der Waals surface area contributed by atoms with Gasteiger partial charge in [0.15, 0.2) is 0 Å². The molecule has 2 aliphatic heterocycles. The summed E-state index contributed by atoms with van der Waals surface area (Å²) in [6, 6.07) is 13.7. The summed E-state index contributed by atoms with van der Waals surface area (Å²) in [6.07, 6.45) is 4.48. The highest BCUT2D eigenvalue weighted by molar-refractivity contribution is 7.89. The van der Waals surface area contributed by atoms with Crippen molar-refractivity contribution in [1.82, 2.24) is 19.8 Å². The van der Waals surface area contributed by atoms with Gasteiger partial charge in [0, 0.05) is 12.6 Å². The Morgan fingerprint density at radius 3 is 2.17 bits per heavy atom. The van der Waals surface area contributed by atoms with Crippen molar-refractivity contribution in [2.75, 3.05) is 20.1 Å². The van der Waals surface area contributed by atoms with Gasteiger partial charge in [-0.05, 0) is 80.4 Å². The third-order valence-electron chi connectivity index (χ3n) is 9.14. The van der Waals surface area contributed by atoms with Gasteiger partial charge in [0.1, 0.15) is 12.1 Å². The first-order valence-corrected chi connectivity index (χ1v) is 16.2. The standard InChI is InChI=1S/C31H42N4O4S/c1-4-21(5-2)29-30(36)32-28(25-18-22-10-6-7-11-23(22)19-25)31(37)35(29)20-24-12-8-9-13-27(24)40(38,39)33-26-14-16-34(3)17-15-26/h6-13,21,25-26,28-29,33H,4-5,14-20H2,1-3H3,(H,32,36)/t28-,29-/m1/s1. The van der Waals surface area contributed by atoms with Crippen molar-refractivity contribution in [2.24, 2.45) is 11.8 Å². The minimum Gasteiger partial charge on any atom is -0.342 e. The van der Waals surface area contributed by atoms with Crippen LogP contribution in [0.15, 0.2) is 53.4 Å². The lowest BCUT2D eigenvalue weighted by molar-refractivity contribution is -0.154. The number of hydrogen-bond acceptors (Lipinski definition) is 5. The Balaban J connectivity index is 1.43. The highest BCUT2D eigenvalue weighted by Gasteiger charge is 2.47. The van der Waals surface area contributed by atoms with E-state index in [4.69, 9.17) is 0 Å². The number of likely N-dealkylation sites (tertiary alicyclic amines) is 1. The molecule has 216 valence electrons. The van der Waals surface area contributed by atoms with Crippen molar-refractivity contribution in [2.45, 2.75) is 81.9 Å². The quantitative estimate of drug-likeness (QED) is 0.486. The number of nitrogens with one attached hydrogen (secondary N) is 2. The van der Waals surface area contributed by atoms with Gasteiger partial charge in [-0.15, -0.1) is 0 Å². The van der Waals surface area contributed by atoms with Gasteiger partial charge in [-0.1, -0.05) is 69.2 Å². The molecule has 2 heterocycles. The summed E-state index contributed by atoms with van der Waals surface area (Å²) in [5.41, 5.74) is 2.98. The molecule has 2 fully saturated rings. The summed E-state index contributed by atoms with van der Waals surface area (Å²) < 4.78 is 30.1. The van der Waals surface area contributed by atoms with Gasteiger partial charge >= 0.3 is 0 Å². The average Bonchev–Trinajstić information content (AvgIpc) is 3.38. The highest BCUT2D eigenvalue weighted by Crippen LogP contribution is 2.34. The molecule has 8 nitrogen and oxygen atoms in total. The second-order valence-corrected chi connectivity index (χ2v) is 13.4. The molecule has 2 saturated heterocycles. The van der Waals surface area contributed by atoms with Gasteiger partial charge in [0.05, 0.1) is 4.90 Å². The van der Waals surface area contributed by atoms with Crippen LogP contribution in [0.25, 0.3) is 0 Å². The second kappa shape index (κ2) is 12.0. The molecule has 3 aliphatic rings. The normalized spacial score (nSPS) is 23.1. The molecular weight excluding hydrogens is 524 g/mol. The van der Waals surface area contributed by atoms with Crippen LogP contribution in [-0.2, 0) is 39.0 Å². The summed E-state index contributed by atoms with van der Waals surface area (Å²) in [6.45, 7) is 5.83. The van der Waals surface area contributed by atoms with Crippen molar-refractivity contribution in [1.29, 1.82) is 0 Å². The first-order chi connectivity index (χ1) is 19.2. The van der Waals surface area contributed by atoms with Gasteiger partial charge in [0.2, 0.25) is 21.8 Å². The van der Waals surface area contributed by atoms with Crippen LogP contribution in [0, 0.1) is 11.8 Å². The Morgan fingerprint density at radius 2 is 1.55 bits per heavy atom. The Kier molecular flexibility index (Phi) is 8.63. The van der Waals surface area contributed by atoms with Crippen LogP contribution in [0.3, 0.4) is 0 Å². The van der Waals surface area contributed by atoms with Crippen LogP contribution in [-0.4, -0.2) is 68.3 Å². The number of nitrogens with zero attached hydrogens (tertiary/aromatic N) is 2. The molecular formula is C31H42N4O4S. The SMILES string of the molecule is CCC(CC)[C@@H]1C(=O)N[C@H](C2Cc3ccccc3C2)C(=O)N1Cc1ccccc1S(=O)(=O)NC1CCN(C)CC1. The third-order valence-corrected chi connectivity index (χ3v) is 10.8. The molecule has 0 radical (unpaired) electrons. The fourth-order valence-electron chi connectivity index (χ4n) is 6.78. The Morgan fingerprint density at radius 1 is 0.950 bits per heavy atom. The van der Waals surface area contributed by atoms with Crippen molar-refractivity contribution < 1.29 is 18.0 Å². The monoisotopic (exact) mass is 566 g/mol. The molecule has 0 spiro atoms. The number of piperidine rings is 1. The molecule has 2 N–H and O–H groups in total. The van der Waals surface area contributed by atoms with E-state index in [0.29, 0.717) is 5.56 Å². The van der Waals surface area contributed by atoms with Crippen LogP contribution >= 0.6 is 0 Å². The number of benzene rings is 2. The summed E-state index contributed by atoms with van der Waals surface area (Å²) in [5.74, 6) is -0.306. The van der Waals surface area contributed by atoms with Crippen LogP contribution < -0.4 is 10.0 Å². The molecule has 2 atom stereocenters. The Labute approximate surface area is 238 Å². The van der Waals surface area contributed by atoms with Crippen LogP contribution in [0.4, 0.5) is 0 Å². The summed E-state index contributed by atoms with van der Waals surface area (Å²) in [4.78, 5) is 31.9. The molecule has 0 bridgehead atoms. The molecule has 0 unspecified atom stereocenters. The van der Waals surface area contributed by atoms with E-state index in [0.717, 1.165) is 51.6 Å². The van der Waals surface area contributed by atoms with E-state index in [1.807, 2.05) is 33.0 Å². The highest BCUT2D eigenvalue weighted by atomic mass is 32.2. The van der Waals surface area contributed by atoms with Crippen molar-refractivity contribution in [3.8, 4) is 0 Å². The maximum atomic E-state index is 14.2. The van der Waals surface area contributed by atoms with E-state index >= 15 is 0 Å². The lowest BCUT2D eigenvalue weighted by Gasteiger charge is -2.44. The van der Waals surface area contributed by atoms with Gasteiger partial charge in [-0.25, -0.2) is 13.1 Å². The molecule has 0 aromatic heterocycles. The number of carbonyl (C=O) groups is 2. The number of amides is 2. The number of fused-ring (bicyclic) bond motifs is 1. The van der Waals surface area contributed by atoms with Gasteiger partial charge < -0.3 is 15.1 Å². The van der Waals surface area contributed by atoms with E-state index in [9.17, 15) is 18.0 Å². The first kappa shape index (κ1) is 28.8. The molecule has 0 saturated carbocycles. The van der Waals surface area contributed by atoms with Crippen LogP contribution in [0.5, 0.6) is 0 Å². The fourth-order valence-corrected chi connectivity index (χ4v) is 8.31. The Bertz CT molecular complexity index is 1310. The lowest BCUT2D eigenvalue weighted by Crippen LogP contribution is -2.66. The van der Waals surface area contributed by atoms with E-state index in [-0.39, 0.29) is 41.1 Å². The molecule has 40 heavy (non-hydrogen) atoms. The predicted octanol–water partition coefficient (Wildman–Crippen LogP) is 3.11. The van der Waals surface area contributed by atoms with Gasteiger partial charge in [-0.2, -0.15) is 0 Å². The van der Waals surface area contributed by atoms with E-state index < -0.39 is 22.1 Å². The molecule has 2 aromatic rings. The maximum absolute atomic E-state index is 14.2. The van der Waals surface area contributed by atoms with E-state index in [1.165, 1.54) is 11.1 Å². The van der Waals surface area contributed by atoms with Gasteiger partial charge in [0.25, 0.3) is 0 Å². The second-order valence-electron chi connectivity index (χ2n) is 11.7. The minimum atomic E-state index is -3.81. The largest absolute Gasteiger partial charge is 0.342 e. The predicted molar refractivity (Wildman–Crippen MR) is 155 cm³/mol. The lowest BCUT2D eigenvalue weighted by atomic mass is 9.86. The third kappa shape index (κ3) is 5.83. The van der Waals surface area contributed by atoms with Gasteiger partial charge in [-0.3, -0.25) is 9.59 Å². The van der Waals surface area contributed by atoms with Crippen LogP contribution in [0.2, 0.25) is 0 Å². The molecule has 5 rings (SSSR count). The summed E-state index contributed by atoms with van der Waals surface area (Å²) in [5, 5.41) is 3.10. The average molecular weight is 567 g/mol. The fraction of sp³-hybridized carbons (Fsp3) is 0.548. The van der Waals surface area contributed by atoms with E-state index in [1.54, 1.807) is 29.2 Å². The zero-order valence-corrected chi connectivity index (χ0v) is 24.6. The van der Waals surface area contributed by atoms with Crippen molar-refractivity contribution in [3.63, 3.8) is 0 Å². The van der Waals surface area contributed by atoms with Crippen molar-refractivity contribution in [3.05, 3.63) is 65.2 Å².